The molecule has 1 N–H and O–H groups in total. The van der Waals surface area contributed by atoms with Gasteiger partial charge in [-0.05, 0) is 43.5 Å². The molecule has 6 heteroatoms. The first-order valence-electron chi connectivity index (χ1n) is 7.93. The SMILES string of the molecule is COCCCNC(=O)C1CCN(C(=O)c2ccc(F)cc2)CC1. The summed E-state index contributed by atoms with van der Waals surface area (Å²) in [5.74, 6) is -0.459. The van der Waals surface area contributed by atoms with Gasteiger partial charge >= 0.3 is 0 Å². The van der Waals surface area contributed by atoms with E-state index in [4.69, 9.17) is 4.74 Å². The third kappa shape index (κ3) is 5.03. The molecule has 0 radical (unpaired) electrons. The van der Waals surface area contributed by atoms with Gasteiger partial charge in [0.25, 0.3) is 5.91 Å². The normalized spacial score (nSPS) is 15.5. The third-order valence-electron chi connectivity index (χ3n) is 4.07. The Morgan fingerprint density at radius 1 is 1.26 bits per heavy atom. The zero-order valence-electron chi connectivity index (χ0n) is 13.4. The number of benzene rings is 1. The van der Waals surface area contributed by atoms with Crippen LogP contribution in [0, 0.1) is 11.7 Å². The van der Waals surface area contributed by atoms with E-state index in [1.165, 1.54) is 24.3 Å². The van der Waals surface area contributed by atoms with Crippen LogP contribution in [0.4, 0.5) is 4.39 Å². The largest absolute Gasteiger partial charge is 0.385 e. The van der Waals surface area contributed by atoms with Crippen LogP contribution >= 0.6 is 0 Å². The lowest BCUT2D eigenvalue weighted by atomic mass is 9.95. The number of nitrogens with zero attached hydrogens (tertiary/aromatic N) is 1. The lowest BCUT2D eigenvalue weighted by Crippen LogP contribution is -2.43. The summed E-state index contributed by atoms with van der Waals surface area (Å²) in [5.41, 5.74) is 0.480. The molecule has 126 valence electrons. The monoisotopic (exact) mass is 322 g/mol. The number of hydrogen-bond acceptors (Lipinski definition) is 3. The number of piperidine rings is 1. The van der Waals surface area contributed by atoms with Crippen LogP contribution in [0.1, 0.15) is 29.6 Å². The fraction of sp³-hybridized carbons (Fsp3) is 0.529. The first kappa shape index (κ1) is 17.4. The second-order valence-electron chi connectivity index (χ2n) is 5.71. The van der Waals surface area contributed by atoms with Gasteiger partial charge in [-0.15, -0.1) is 0 Å². The molecule has 1 heterocycles. The standard InChI is InChI=1S/C17H23FN2O3/c1-23-12-2-9-19-16(21)13-7-10-20(11-8-13)17(22)14-3-5-15(18)6-4-14/h3-6,13H,2,7-12H2,1H3,(H,19,21). The van der Waals surface area contributed by atoms with E-state index in [0.29, 0.717) is 44.6 Å². The fourth-order valence-corrected chi connectivity index (χ4v) is 2.69. The first-order valence-corrected chi connectivity index (χ1v) is 7.93. The zero-order valence-corrected chi connectivity index (χ0v) is 13.4. The number of hydrogen-bond donors (Lipinski definition) is 1. The van der Waals surface area contributed by atoms with Crippen molar-refractivity contribution in [3.05, 3.63) is 35.6 Å². The van der Waals surface area contributed by atoms with Crippen molar-refractivity contribution in [1.82, 2.24) is 10.2 Å². The van der Waals surface area contributed by atoms with Gasteiger partial charge in [-0.3, -0.25) is 9.59 Å². The molecule has 0 saturated carbocycles. The number of ether oxygens (including phenoxy) is 1. The van der Waals surface area contributed by atoms with E-state index in [1.54, 1.807) is 12.0 Å². The van der Waals surface area contributed by atoms with E-state index in [1.807, 2.05) is 0 Å². The molecule has 0 spiro atoms. The summed E-state index contributed by atoms with van der Waals surface area (Å²) in [5, 5.41) is 2.91. The molecule has 1 aliphatic heterocycles. The van der Waals surface area contributed by atoms with Crippen LogP contribution in [0.25, 0.3) is 0 Å². The molecule has 0 aliphatic carbocycles. The highest BCUT2D eigenvalue weighted by atomic mass is 19.1. The molecule has 23 heavy (non-hydrogen) atoms. The molecule has 0 unspecified atom stereocenters. The van der Waals surface area contributed by atoms with Crippen LogP contribution in [-0.4, -0.2) is 50.1 Å². The summed E-state index contributed by atoms with van der Waals surface area (Å²) in [6.07, 6.45) is 2.11. The Hall–Kier alpha value is -1.95. The van der Waals surface area contributed by atoms with Gasteiger partial charge in [0.05, 0.1) is 0 Å². The summed E-state index contributed by atoms with van der Waals surface area (Å²) < 4.78 is 17.8. The second kappa shape index (κ2) is 8.62. The van der Waals surface area contributed by atoms with Gasteiger partial charge in [-0.25, -0.2) is 4.39 Å². The Kier molecular flexibility index (Phi) is 6.52. The molecular formula is C17H23FN2O3. The lowest BCUT2D eigenvalue weighted by molar-refractivity contribution is -0.126. The lowest BCUT2D eigenvalue weighted by Gasteiger charge is -2.31. The summed E-state index contributed by atoms with van der Waals surface area (Å²) in [6, 6.07) is 5.55. The predicted molar refractivity (Wildman–Crippen MR) is 84.5 cm³/mol. The molecule has 5 nitrogen and oxygen atoms in total. The van der Waals surface area contributed by atoms with Gasteiger partial charge in [0.1, 0.15) is 5.82 Å². The smallest absolute Gasteiger partial charge is 0.253 e. The molecule has 1 aliphatic rings. The number of amides is 2. The molecule has 1 aromatic carbocycles. The van der Waals surface area contributed by atoms with Crippen molar-refractivity contribution in [1.29, 1.82) is 0 Å². The summed E-state index contributed by atoms with van der Waals surface area (Å²) in [7, 11) is 1.63. The Morgan fingerprint density at radius 2 is 1.91 bits per heavy atom. The molecular weight excluding hydrogens is 299 g/mol. The van der Waals surface area contributed by atoms with E-state index in [9.17, 15) is 14.0 Å². The minimum atomic E-state index is -0.356. The predicted octanol–water partition coefficient (Wildman–Crippen LogP) is 1.83. The molecule has 0 atom stereocenters. The summed E-state index contributed by atoms with van der Waals surface area (Å²) >= 11 is 0. The van der Waals surface area contributed by atoms with Crippen LogP contribution in [0.3, 0.4) is 0 Å². The number of nitrogens with one attached hydrogen (secondary N) is 1. The van der Waals surface area contributed by atoms with Crippen molar-refractivity contribution in [3.8, 4) is 0 Å². The number of rotatable bonds is 6. The van der Waals surface area contributed by atoms with E-state index >= 15 is 0 Å². The van der Waals surface area contributed by atoms with Gasteiger partial charge in [0.15, 0.2) is 0 Å². The van der Waals surface area contributed by atoms with Crippen LogP contribution in [0.5, 0.6) is 0 Å². The molecule has 2 rings (SSSR count). The fourth-order valence-electron chi connectivity index (χ4n) is 2.69. The number of carbonyl (C=O) groups is 2. The van der Waals surface area contributed by atoms with Crippen molar-refractivity contribution in [2.24, 2.45) is 5.92 Å². The minimum Gasteiger partial charge on any atom is -0.385 e. The third-order valence-corrected chi connectivity index (χ3v) is 4.07. The highest BCUT2D eigenvalue weighted by Crippen LogP contribution is 2.19. The second-order valence-corrected chi connectivity index (χ2v) is 5.71. The zero-order chi connectivity index (χ0) is 16.7. The summed E-state index contributed by atoms with van der Waals surface area (Å²) in [6.45, 7) is 2.34. The maximum absolute atomic E-state index is 12.9. The van der Waals surface area contributed by atoms with Crippen LogP contribution < -0.4 is 5.32 Å². The van der Waals surface area contributed by atoms with Gasteiger partial charge in [0, 0.05) is 44.8 Å². The quantitative estimate of drug-likeness (QED) is 0.813. The van der Waals surface area contributed by atoms with Gasteiger partial charge in [-0.1, -0.05) is 0 Å². The van der Waals surface area contributed by atoms with Gasteiger partial charge in [-0.2, -0.15) is 0 Å². The van der Waals surface area contributed by atoms with E-state index < -0.39 is 0 Å². The highest BCUT2D eigenvalue weighted by molar-refractivity contribution is 5.94. The molecule has 1 fully saturated rings. The van der Waals surface area contributed by atoms with Crippen molar-refractivity contribution >= 4 is 11.8 Å². The molecule has 1 aromatic rings. The molecule has 0 aromatic heterocycles. The highest BCUT2D eigenvalue weighted by Gasteiger charge is 2.27. The van der Waals surface area contributed by atoms with E-state index in [2.05, 4.69) is 5.32 Å². The Morgan fingerprint density at radius 3 is 2.52 bits per heavy atom. The first-order chi connectivity index (χ1) is 11.1. The van der Waals surface area contributed by atoms with Crippen LogP contribution in [0.15, 0.2) is 24.3 Å². The van der Waals surface area contributed by atoms with Crippen molar-refractivity contribution < 1.29 is 18.7 Å². The van der Waals surface area contributed by atoms with E-state index in [0.717, 1.165) is 6.42 Å². The van der Waals surface area contributed by atoms with Crippen LogP contribution in [-0.2, 0) is 9.53 Å². The van der Waals surface area contributed by atoms with Crippen molar-refractivity contribution in [2.75, 3.05) is 33.4 Å². The Balaban J connectivity index is 1.78. The van der Waals surface area contributed by atoms with Gasteiger partial charge in [0.2, 0.25) is 5.91 Å². The van der Waals surface area contributed by atoms with Crippen LogP contribution in [0.2, 0.25) is 0 Å². The molecule has 0 bridgehead atoms. The van der Waals surface area contributed by atoms with Gasteiger partial charge < -0.3 is 15.0 Å². The minimum absolute atomic E-state index is 0.0465. The molecule has 1 saturated heterocycles. The number of carbonyl (C=O) groups excluding carboxylic acids is 2. The number of halogens is 1. The van der Waals surface area contributed by atoms with Crippen molar-refractivity contribution in [3.63, 3.8) is 0 Å². The average molecular weight is 322 g/mol. The average Bonchev–Trinajstić information content (AvgIpc) is 2.59. The maximum atomic E-state index is 12.9. The summed E-state index contributed by atoms with van der Waals surface area (Å²) in [4.78, 5) is 26.1. The Bertz CT molecular complexity index is 525. The maximum Gasteiger partial charge on any atom is 0.253 e. The molecule has 2 amide bonds. The van der Waals surface area contributed by atoms with E-state index in [-0.39, 0.29) is 23.5 Å². The number of methoxy groups -OCH3 is 1. The topological polar surface area (TPSA) is 58.6 Å². The number of likely N-dealkylation sites (tertiary alicyclic amines) is 1. The Labute approximate surface area is 135 Å². The van der Waals surface area contributed by atoms with Crippen molar-refractivity contribution in [2.45, 2.75) is 19.3 Å².